The molecule has 0 bridgehead atoms. The Labute approximate surface area is 177 Å². The van der Waals surface area contributed by atoms with E-state index in [4.69, 9.17) is 0 Å². The topological polar surface area (TPSA) is 60.1 Å². The summed E-state index contributed by atoms with van der Waals surface area (Å²) >= 11 is 1.82. The van der Waals surface area contributed by atoms with Gasteiger partial charge in [-0.2, -0.15) is 5.10 Å². The van der Waals surface area contributed by atoms with E-state index in [1.165, 1.54) is 26.6 Å². The molecule has 30 heavy (non-hydrogen) atoms. The molecule has 0 amide bonds. The van der Waals surface area contributed by atoms with Gasteiger partial charge in [-0.05, 0) is 49.7 Å². The molecule has 0 aliphatic carbocycles. The predicted molar refractivity (Wildman–Crippen MR) is 113 cm³/mol. The van der Waals surface area contributed by atoms with Crippen LogP contribution in [0.4, 0.5) is 4.39 Å². The third kappa shape index (κ3) is 3.54. The van der Waals surface area contributed by atoms with Crippen molar-refractivity contribution in [3.63, 3.8) is 0 Å². The van der Waals surface area contributed by atoms with Gasteiger partial charge in [0.2, 0.25) is 0 Å². The molecule has 1 atom stereocenters. The molecule has 2 aliphatic heterocycles. The Hall–Kier alpha value is -2.58. The summed E-state index contributed by atoms with van der Waals surface area (Å²) in [5, 5.41) is 4.52. The van der Waals surface area contributed by atoms with Crippen LogP contribution in [0.3, 0.4) is 0 Å². The van der Waals surface area contributed by atoms with Crippen molar-refractivity contribution in [2.75, 3.05) is 13.1 Å². The van der Waals surface area contributed by atoms with Crippen molar-refractivity contribution in [2.24, 2.45) is 5.41 Å². The van der Waals surface area contributed by atoms with Crippen molar-refractivity contribution in [3.05, 3.63) is 84.1 Å². The van der Waals surface area contributed by atoms with Crippen molar-refractivity contribution in [3.8, 4) is 0 Å². The molecule has 2 aliphatic rings. The summed E-state index contributed by atoms with van der Waals surface area (Å²) < 4.78 is 15.9. The van der Waals surface area contributed by atoms with Gasteiger partial charge in [0.1, 0.15) is 11.6 Å². The average Bonchev–Trinajstić information content (AvgIpc) is 3.41. The lowest BCUT2D eigenvalue weighted by molar-refractivity contribution is 0.247. The molecule has 6 nitrogen and oxygen atoms in total. The largest absolute Gasteiger partial charge is 0.332 e. The van der Waals surface area contributed by atoms with Crippen LogP contribution in [-0.4, -0.2) is 32.3 Å². The zero-order valence-electron chi connectivity index (χ0n) is 16.8. The summed E-state index contributed by atoms with van der Waals surface area (Å²) in [6.07, 6.45) is 1.69. The Bertz CT molecular complexity index is 1210. The Morgan fingerprint density at radius 2 is 1.87 bits per heavy atom. The number of rotatable bonds is 4. The molecule has 3 aromatic rings. The molecule has 8 heteroatoms. The number of aryl methyl sites for hydroxylation is 1. The van der Waals surface area contributed by atoms with Crippen LogP contribution < -0.4 is 11.1 Å². The third-order valence-corrected chi connectivity index (χ3v) is 7.16. The highest BCUT2D eigenvalue weighted by molar-refractivity contribution is 7.11. The number of benzene rings is 1. The van der Waals surface area contributed by atoms with E-state index in [0.717, 1.165) is 31.6 Å². The van der Waals surface area contributed by atoms with Gasteiger partial charge in [0.15, 0.2) is 0 Å². The highest BCUT2D eigenvalue weighted by Gasteiger charge is 2.44. The van der Waals surface area contributed by atoms with Crippen molar-refractivity contribution < 1.29 is 4.39 Å². The molecule has 1 spiro atoms. The van der Waals surface area contributed by atoms with Gasteiger partial charge in [0, 0.05) is 41.2 Å². The van der Waals surface area contributed by atoms with E-state index in [0.29, 0.717) is 18.8 Å². The molecule has 1 saturated heterocycles. The summed E-state index contributed by atoms with van der Waals surface area (Å²) in [6.45, 7) is 5.65. The number of thiophene rings is 1. The van der Waals surface area contributed by atoms with Gasteiger partial charge in [-0.1, -0.05) is 12.1 Å². The highest BCUT2D eigenvalue weighted by Crippen LogP contribution is 2.39. The SMILES string of the molecule is Cc1ccc(CN2CC[C@]3(Cc4nn(Cc5ccc(F)cc5)c(=O)c(=O)n4C3)C2)s1. The Morgan fingerprint density at radius 3 is 2.60 bits per heavy atom. The standard InChI is InChI=1S/C22H23FN4O2S/c1-15-2-7-18(30-15)12-25-9-8-22(13-25)10-19-24-27(21(29)20(28)26(19)14-22)11-16-3-5-17(23)6-4-16/h2-7H,8-14H2,1H3/t22-/m0/s1. The average molecular weight is 427 g/mol. The molecule has 0 radical (unpaired) electrons. The predicted octanol–water partition coefficient (Wildman–Crippen LogP) is 2.41. The minimum absolute atomic E-state index is 0.0348. The highest BCUT2D eigenvalue weighted by atomic mass is 32.1. The van der Waals surface area contributed by atoms with Gasteiger partial charge in [-0.3, -0.25) is 19.1 Å². The molecule has 1 aromatic carbocycles. The molecular weight excluding hydrogens is 403 g/mol. The Balaban J connectivity index is 1.36. The molecule has 4 heterocycles. The van der Waals surface area contributed by atoms with Crippen LogP contribution in [0.1, 0.15) is 27.6 Å². The van der Waals surface area contributed by atoms with Crippen LogP contribution in [0.25, 0.3) is 0 Å². The van der Waals surface area contributed by atoms with Crippen LogP contribution >= 0.6 is 11.3 Å². The van der Waals surface area contributed by atoms with Crippen molar-refractivity contribution in [2.45, 2.75) is 39.4 Å². The molecular formula is C22H23FN4O2S. The molecule has 0 saturated carbocycles. The van der Waals surface area contributed by atoms with Crippen molar-refractivity contribution in [1.82, 2.24) is 19.2 Å². The minimum atomic E-state index is -0.621. The fourth-order valence-electron chi connectivity index (χ4n) is 4.70. The van der Waals surface area contributed by atoms with Gasteiger partial charge < -0.3 is 0 Å². The maximum Gasteiger partial charge on any atom is 0.332 e. The fourth-order valence-corrected chi connectivity index (χ4v) is 5.63. The number of hydrogen-bond acceptors (Lipinski definition) is 5. The van der Waals surface area contributed by atoms with Crippen LogP contribution in [0.15, 0.2) is 46.0 Å². The summed E-state index contributed by atoms with van der Waals surface area (Å²) in [4.78, 5) is 30.5. The van der Waals surface area contributed by atoms with E-state index in [1.807, 2.05) is 11.3 Å². The van der Waals surface area contributed by atoms with E-state index >= 15 is 0 Å². The van der Waals surface area contributed by atoms with Gasteiger partial charge in [-0.25, -0.2) is 9.07 Å². The maximum absolute atomic E-state index is 13.1. The number of hydrogen-bond donors (Lipinski definition) is 0. The summed E-state index contributed by atoms with van der Waals surface area (Å²) in [7, 11) is 0. The van der Waals surface area contributed by atoms with E-state index in [2.05, 4.69) is 29.1 Å². The zero-order valence-corrected chi connectivity index (χ0v) is 17.6. The van der Waals surface area contributed by atoms with E-state index < -0.39 is 11.1 Å². The monoisotopic (exact) mass is 426 g/mol. The van der Waals surface area contributed by atoms with Crippen molar-refractivity contribution in [1.29, 1.82) is 0 Å². The summed E-state index contributed by atoms with van der Waals surface area (Å²) in [6, 6.07) is 10.2. The summed E-state index contributed by atoms with van der Waals surface area (Å²) in [5.74, 6) is 0.342. The minimum Gasteiger partial charge on any atom is -0.298 e. The maximum atomic E-state index is 13.1. The van der Waals surface area contributed by atoms with Gasteiger partial charge in [0.05, 0.1) is 6.54 Å². The van der Waals surface area contributed by atoms with Gasteiger partial charge in [-0.15, -0.1) is 11.3 Å². The Morgan fingerprint density at radius 1 is 1.07 bits per heavy atom. The second-order valence-electron chi connectivity index (χ2n) is 8.55. The normalized spacial score (nSPS) is 20.9. The van der Waals surface area contributed by atoms with Gasteiger partial charge >= 0.3 is 11.1 Å². The first-order chi connectivity index (χ1) is 14.4. The molecule has 1 fully saturated rings. The number of halogens is 1. The molecule has 156 valence electrons. The first-order valence-electron chi connectivity index (χ1n) is 10.1. The first kappa shape index (κ1) is 19.4. The lowest BCUT2D eigenvalue weighted by atomic mass is 9.86. The quantitative estimate of drug-likeness (QED) is 0.601. The lowest BCUT2D eigenvalue weighted by Crippen LogP contribution is -2.43. The number of fused-ring (bicyclic) bond motifs is 1. The van der Waals surface area contributed by atoms with Crippen LogP contribution in [0, 0.1) is 18.2 Å². The molecule has 2 aromatic heterocycles. The van der Waals surface area contributed by atoms with Crippen LogP contribution in [0.2, 0.25) is 0 Å². The molecule has 5 rings (SSSR count). The second kappa shape index (κ2) is 7.28. The third-order valence-electron chi connectivity index (χ3n) is 6.18. The van der Waals surface area contributed by atoms with Crippen molar-refractivity contribution >= 4 is 11.3 Å². The number of likely N-dealkylation sites (tertiary alicyclic amines) is 1. The zero-order chi connectivity index (χ0) is 20.9. The van der Waals surface area contributed by atoms with Crippen LogP contribution in [-0.2, 0) is 26.1 Å². The van der Waals surface area contributed by atoms with E-state index in [-0.39, 0.29) is 17.8 Å². The Kier molecular flexibility index (Phi) is 4.71. The molecule has 0 unspecified atom stereocenters. The number of aromatic nitrogens is 3. The number of nitrogens with zero attached hydrogens (tertiary/aromatic N) is 4. The second-order valence-corrected chi connectivity index (χ2v) is 9.92. The summed E-state index contributed by atoms with van der Waals surface area (Å²) in [5.41, 5.74) is -0.427. The van der Waals surface area contributed by atoms with Gasteiger partial charge in [0.25, 0.3) is 0 Å². The first-order valence-corrected chi connectivity index (χ1v) is 11.0. The lowest BCUT2D eigenvalue weighted by Gasteiger charge is -2.22. The molecule has 0 N–H and O–H groups in total. The van der Waals surface area contributed by atoms with Crippen LogP contribution in [0.5, 0.6) is 0 Å². The van der Waals surface area contributed by atoms with E-state index in [1.54, 1.807) is 16.7 Å². The fraction of sp³-hybridized carbons (Fsp3) is 0.409. The smallest absolute Gasteiger partial charge is 0.298 e. The van der Waals surface area contributed by atoms with E-state index in [9.17, 15) is 14.0 Å².